The quantitative estimate of drug-likeness (QED) is 0.184. The van der Waals surface area contributed by atoms with Gasteiger partial charge in [0.2, 0.25) is 0 Å². The van der Waals surface area contributed by atoms with Gasteiger partial charge in [0.15, 0.2) is 0 Å². The smallest absolute Gasteiger partial charge is 0.0571 e. The summed E-state index contributed by atoms with van der Waals surface area (Å²) >= 11 is 0. The lowest BCUT2D eigenvalue weighted by Gasteiger charge is -2.11. The predicted octanol–water partition coefficient (Wildman–Crippen LogP) is 12.3. The van der Waals surface area contributed by atoms with E-state index in [0.29, 0.717) is 0 Å². The van der Waals surface area contributed by atoms with Gasteiger partial charge in [-0.2, -0.15) is 0 Å². The summed E-state index contributed by atoms with van der Waals surface area (Å²) in [6.07, 6.45) is 3.89. The molecule has 50 heavy (non-hydrogen) atoms. The Balaban J connectivity index is 1.13. The summed E-state index contributed by atoms with van der Waals surface area (Å²) < 4.78 is 4.76. The Morgan fingerprint density at radius 3 is 1.54 bits per heavy atom. The molecule has 0 atom stereocenters. The second-order valence-corrected chi connectivity index (χ2v) is 12.8. The van der Waals surface area contributed by atoms with Gasteiger partial charge < -0.3 is 9.13 Å². The van der Waals surface area contributed by atoms with Gasteiger partial charge in [-0.25, -0.2) is 0 Å². The Morgan fingerprint density at radius 1 is 0.340 bits per heavy atom. The average Bonchev–Trinajstić information content (AvgIpc) is 3.71. The van der Waals surface area contributed by atoms with Crippen molar-refractivity contribution < 1.29 is 0 Å². The summed E-state index contributed by atoms with van der Waals surface area (Å²) in [4.78, 5) is 4.56. The molecule has 10 rings (SSSR count). The lowest BCUT2D eigenvalue weighted by Crippen LogP contribution is -1.94. The highest BCUT2D eigenvalue weighted by atomic mass is 15.0. The van der Waals surface area contributed by atoms with E-state index in [-0.39, 0.29) is 0 Å². The summed E-state index contributed by atoms with van der Waals surface area (Å²) in [5.74, 6) is 0. The summed E-state index contributed by atoms with van der Waals surface area (Å²) in [6, 6.07) is 63.4. The van der Waals surface area contributed by atoms with Crippen LogP contribution in [0, 0.1) is 0 Å². The number of nitrogens with zero attached hydrogens (tertiary/aromatic N) is 3. The van der Waals surface area contributed by atoms with Crippen molar-refractivity contribution in [3.05, 3.63) is 188 Å². The molecule has 7 aromatic carbocycles. The Bertz CT molecular complexity index is 2830. The first kappa shape index (κ1) is 28.3. The second kappa shape index (κ2) is 11.5. The van der Waals surface area contributed by atoms with E-state index in [1.165, 1.54) is 60.6 Å². The molecule has 234 valence electrons. The van der Waals surface area contributed by atoms with E-state index in [0.717, 1.165) is 27.8 Å². The van der Waals surface area contributed by atoms with E-state index in [1.807, 2.05) is 12.4 Å². The molecule has 3 heterocycles. The molecule has 0 fully saturated rings. The summed E-state index contributed by atoms with van der Waals surface area (Å²) in [5, 5.41) is 4.83. The van der Waals surface area contributed by atoms with Gasteiger partial charge >= 0.3 is 0 Å². The van der Waals surface area contributed by atoms with Crippen molar-refractivity contribution in [3.63, 3.8) is 0 Å². The van der Waals surface area contributed by atoms with E-state index >= 15 is 0 Å². The van der Waals surface area contributed by atoms with Gasteiger partial charge in [-0.3, -0.25) is 4.98 Å². The van der Waals surface area contributed by atoms with E-state index in [2.05, 4.69) is 190 Å². The fourth-order valence-corrected chi connectivity index (χ4v) is 7.72. The van der Waals surface area contributed by atoms with Crippen molar-refractivity contribution >= 4 is 43.6 Å². The average molecular weight is 638 g/mol. The second-order valence-electron chi connectivity index (χ2n) is 12.8. The first-order chi connectivity index (χ1) is 24.8. The molecule has 3 nitrogen and oxygen atoms in total. The topological polar surface area (TPSA) is 22.8 Å². The lowest BCUT2D eigenvalue weighted by atomic mass is 9.98. The minimum atomic E-state index is 1.13. The molecule has 3 aromatic heterocycles. The normalized spacial score (nSPS) is 11.6. The fourth-order valence-electron chi connectivity index (χ4n) is 7.72. The molecule has 0 radical (unpaired) electrons. The monoisotopic (exact) mass is 637 g/mol. The van der Waals surface area contributed by atoms with Gasteiger partial charge in [0.05, 0.1) is 22.1 Å². The van der Waals surface area contributed by atoms with Crippen molar-refractivity contribution in [3.8, 4) is 44.8 Å². The maximum Gasteiger partial charge on any atom is 0.0571 e. The number of fused-ring (bicyclic) bond motifs is 6. The predicted molar refractivity (Wildman–Crippen MR) is 209 cm³/mol. The molecule has 0 aliphatic heterocycles. The maximum atomic E-state index is 4.56. The Morgan fingerprint density at radius 2 is 0.860 bits per heavy atom. The van der Waals surface area contributed by atoms with Crippen LogP contribution in [0.25, 0.3) is 88.4 Å². The van der Waals surface area contributed by atoms with Crippen LogP contribution in [0.4, 0.5) is 0 Å². The molecule has 0 aliphatic carbocycles. The Kier molecular flexibility index (Phi) is 6.49. The molecule has 0 spiro atoms. The molecule has 0 bridgehead atoms. The number of hydrogen-bond donors (Lipinski definition) is 0. The Labute approximate surface area is 290 Å². The van der Waals surface area contributed by atoms with Crippen molar-refractivity contribution in [1.82, 2.24) is 14.1 Å². The minimum Gasteiger partial charge on any atom is -0.309 e. The summed E-state index contributed by atoms with van der Waals surface area (Å²) in [5.41, 5.74) is 14.2. The Hall–Kier alpha value is -6.71. The van der Waals surface area contributed by atoms with Gasteiger partial charge in [-0.15, -0.1) is 0 Å². The van der Waals surface area contributed by atoms with E-state index in [4.69, 9.17) is 0 Å². The minimum absolute atomic E-state index is 1.13. The SMILES string of the molecule is c1ccc(-c2ccc(-n3c4ccncc4c4cc(-c5cccc6c5c5ccccc5n6-c5ccc(-c6ccccc6)cc5)ccc43)cc2)cc1. The zero-order valence-electron chi connectivity index (χ0n) is 27.2. The third-order valence-corrected chi connectivity index (χ3v) is 10.0. The number of rotatable bonds is 5. The van der Waals surface area contributed by atoms with Gasteiger partial charge in [0.25, 0.3) is 0 Å². The molecule has 0 saturated carbocycles. The van der Waals surface area contributed by atoms with Gasteiger partial charge in [-0.05, 0) is 88.0 Å². The van der Waals surface area contributed by atoms with Crippen LogP contribution in [0.5, 0.6) is 0 Å². The number of pyridine rings is 1. The van der Waals surface area contributed by atoms with Crippen molar-refractivity contribution in [2.24, 2.45) is 0 Å². The molecule has 0 unspecified atom stereocenters. The number of hydrogen-bond acceptors (Lipinski definition) is 1. The van der Waals surface area contributed by atoms with Gasteiger partial charge in [-0.1, -0.05) is 121 Å². The lowest BCUT2D eigenvalue weighted by molar-refractivity contribution is 1.17. The molecule has 0 saturated heterocycles. The molecule has 0 aliphatic rings. The van der Waals surface area contributed by atoms with Crippen LogP contribution in [-0.4, -0.2) is 14.1 Å². The van der Waals surface area contributed by atoms with Gasteiger partial charge in [0.1, 0.15) is 0 Å². The van der Waals surface area contributed by atoms with Crippen LogP contribution >= 0.6 is 0 Å². The van der Waals surface area contributed by atoms with Gasteiger partial charge in [0, 0.05) is 45.3 Å². The zero-order chi connectivity index (χ0) is 33.0. The van der Waals surface area contributed by atoms with Crippen LogP contribution in [0.3, 0.4) is 0 Å². The van der Waals surface area contributed by atoms with E-state index < -0.39 is 0 Å². The molecule has 3 heteroatoms. The maximum absolute atomic E-state index is 4.56. The van der Waals surface area contributed by atoms with Crippen LogP contribution in [-0.2, 0) is 0 Å². The highest BCUT2D eigenvalue weighted by molar-refractivity contribution is 6.17. The summed E-state index contributed by atoms with van der Waals surface area (Å²) in [6.45, 7) is 0. The largest absolute Gasteiger partial charge is 0.309 e. The molecular formula is C47H31N3. The van der Waals surface area contributed by atoms with Crippen LogP contribution in [0.2, 0.25) is 0 Å². The number of para-hydroxylation sites is 1. The fraction of sp³-hybridized carbons (Fsp3) is 0. The zero-order valence-corrected chi connectivity index (χ0v) is 27.2. The molecule has 0 N–H and O–H groups in total. The first-order valence-corrected chi connectivity index (χ1v) is 17.0. The van der Waals surface area contributed by atoms with E-state index in [1.54, 1.807) is 0 Å². The molecular weight excluding hydrogens is 607 g/mol. The van der Waals surface area contributed by atoms with Crippen molar-refractivity contribution in [2.75, 3.05) is 0 Å². The van der Waals surface area contributed by atoms with Crippen molar-refractivity contribution in [2.45, 2.75) is 0 Å². The first-order valence-electron chi connectivity index (χ1n) is 17.0. The number of benzene rings is 7. The highest BCUT2D eigenvalue weighted by Crippen LogP contribution is 2.41. The molecule has 0 amide bonds. The van der Waals surface area contributed by atoms with Crippen LogP contribution in [0.1, 0.15) is 0 Å². The standard InChI is InChI=1S/C47H31N3/c1-3-10-32(11-4-1)34-18-23-37(24-19-34)49-44-27-22-36(30-41(44)42-31-48-29-28-45(42)49)39-15-9-17-46-47(39)40-14-7-8-16-43(40)50(46)38-25-20-35(21-26-38)33-12-5-2-6-13-33/h1-31H. The third-order valence-electron chi connectivity index (χ3n) is 10.0. The highest BCUT2D eigenvalue weighted by Gasteiger charge is 2.18. The van der Waals surface area contributed by atoms with E-state index in [9.17, 15) is 0 Å². The molecule has 10 aromatic rings. The van der Waals surface area contributed by atoms with Crippen LogP contribution < -0.4 is 0 Å². The number of aromatic nitrogens is 3. The van der Waals surface area contributed by atoms with Crippen molar-refractivity contribution in [1.29, 1.82) is 0 Å². The third kappa shape index (κ3) is 4.48. The summed E-state index contributed by atoms with van der Waals surface area (Å²) in [7, 11) is 0. The van der Waals surface area contributed by atoms with Crippen LogP contribution in [0.15, 0.2) is 188 Å².